The Morgan fingerprint density at radius 1 is 1.00 bits per heavy atom. The van der Waals surface area contributed by atoms with Gasteiger partial charge in [0.25, 0.3) is 5.91 Å². The van der Waals surface area contributed by atoms with Crippen molar-refractivity contribution in [3.05, 3.63) is 88.7 Å². The number of benzene rings is 3. The molecule has 0 fully saturated rings. The van der Waals surface area contributed by atoms with Crippen molar-refractivity contribution in [2.75, 3.05) is 5.32 Å². The Morgan fingerprint density at radius 3 is 2.32 bits per heavy atom. The number of aryl methyl sites for hydroxylation is 1. The zero-order valence-corrected chi connectivity index (χ0v) is 19.3. The van der Waals surface area contributed by atoms with Gasteiger partial charge in [0.15, 0.2) is 0 Å². The van der Waals surface area contributed by atoms with Gasteiger partial charge in [-0.3, -0.25) is 9.48 Å². The average molecular weight is 512 g/mol. The SMILES string of the molecule is Cn1nc(-c2cc(C(F)(F)F)ccc2F)cc1Nc1cc(O)cc(O)c1C(=O)N1Cc2ccccc2C1. The van der Waals surface area contributed by atoms with E-state index in [4.69, 9.17) is 0 Å². The topological polar surface area (TPSA) is 90.6 Å². The fourth-order valence-electron chi connectivity index (χ4n) is 4.32. The summed E-state index contributed by atoms with van der Waals surface area (Å²) in [7, 11) is 1.47. The summed E-state index contributed by atoms with van der Waals surface area (Å²) in [6.07, 6.45) is -4.66. The normalized spacial score (nSPS) is 13.1. The van der Waals surface area contributed by atoms with Crippen molar-refractivity contribution in [1.82, 2.24) is 14.7 Å². The minimum atomic E-state index is -4.66. The Hall–Kier alpha value is -4.54. The van der Waals surface area contributed by atoms with Crippen LogP contribution in [0.4, 0.5) is 29.1 Å². The van der Waals surface area contributed by atoms with Gasteiger partial charge >= 0.3 is 6.18 Å². The second-order valence-electron chi connectivity index (χ2n) is 8.67. The summed E-state index contributed by atoms with van der Waals surface area (Å²) in [5.41, 5.74) is 0.410. The number of hydrogen-bond acceptors (Lipinski definition) is 5. The van der Waals surface area contributed by atoms with Crippen LogP contribution in [0.15, 0.2) is 60.7 Å². The number of phenols is 2. The van der Waals surface area contributed by atoms with E-state index in [0.717, 1.165) is 23.3 Å². The molecule has 1 aliphatic heterocycles. The van der Waals surface area contributed by atoms with Crippen LogP contribution in [0.3, 0.4) is 0 Å². The minimum Gasteiger partial charge on any atom is -0.508 e. The number of halogens is 4. The molecule has 1 aromatic heterocycles. The number of aromatic nitrogens is 2. The molecule has 0 atom stereocenters. The van der Waals surface area contributed by atoms with Crippen molar-refractivity contribution in [2.45, 2.75) is 19.3 Å². The van der Waals surface area contributed by atoms with Gasteiger partial charge in [0.1, 0.15) is 28.7 Å². The first-order chi connectivity index (χ1) is 17.5. The summed E-state index contributed by atoms with van der Waals surface area (Å²) >= 11 is 0. The predicted molar refractivity (Wildman–Crippen MR) is 127 cm³/mol. The number of alkyl halides is 3. The van der Waals surface area contributed by atoms with E-state index in [1.165, 1.54) is 28.8 Å². The lowest BCUT2D eigenvalue weighted by atomic mass is 10.1. The van der Waals surface area contributed by atoms with E-state index in [-0.39, 0.29) is 34.1 Å². The number of rotatable bonds is 4. The van der Waals surface area contributed by atoms with Gasteiger partial charge < -0.3 is 20.4 Å². The van der Waals surface area contributed by atoms with Crippen LogP contribution in [-0.4, -0.2) is 30.8 Å². The van der Waals surface area contributed by atoms with Crippen LogP contribution >= 0.6 is 0 Å². The average Bonchev–Trinajstić information content (AvgIpc) is 3.41. The number of nitrogens with zero attached hydrogens (tertiary/aromatic N) is 3. The van der Waals surface area contributed by atoms with E-state index < -0.39 is 29.2 Å². The number of aromatic hydroxyl groups is 2. The number of phenolic OH excluding ortho intramolecular Hbond substituents is 2. The van der Waals surface area contributed by atoms with Crippen molar-refractivity contribution in [2.24, 2.45) is 7.05 Å². The first-order valence-electron chi connectivity index (χ1n) is 11.1. The van der Waals surface area contributed by atoms with Gasteiger partial charge in [0.05, 0.1) is 16.9 Å². The monoisotopic (exact) mass is 512 g/mol. The molecule has 1 amide bonds. The van der Waals surface area contributed by atoms with Gasteiger partial charge in [0.2, 0.25) is 0 Å². The molecule has 1 aliphatic rings. The summed E-state index contributed by atoms with van der Waals surface area (Å²) in [5, 5.41) is 27.6. The highest BCUT2D eigenvalue weighted by atomic mass is 19.4. The molecule has 11 heteroatoms. The third-order valence-corrected chi connectivity index (χ3v) is 6.16. The third-order valence-electron chi connectivity index (χ3n) is 6.16. The summed E-state index contributed by atoms with van der Waals surface area (Å²) in [4.78, 5) is 14.9. The molecule has 4 aromatic rings. The number of carbonyl (C=O) groups is 1. The molecule has 0 saturated heterocycles. The molecule has 37 heavy (non-hydrogen) atoms. The lowest BCUT2D eigenvalue weighted by molar-refractivity contribution is -0.137. The highest BCUT2D eigenvalue weighted by molar-refractivity contribution is 6.03. The van der Waals surface area contributed by atoms with Gasteiger partial charge in [-0.25, -0.2) is 4.39 Å². The van der Waals surface area contributed by atoms with Crippen molar-refractivity contribution < 1.29 is 32.6 Å². The fraction of sp³-hybridized carbons (Fsp3) is 0.154. The molecule has 0 bridgehead atoms. The van der Waals surface area contributed by atoms with Crippen LogP contribution in [0.5, 0.6) is 11.5 Å². The zero-order valence-electron chi connectivity index (χ0n) is 19.3. The number of nitrogens with one attached hydrogen (secondary N) is 1. The maximum Gasteiger partial charge on any atom is 0.416 e. The number of fused-ring (bicyclic) bond motifs is 1. The van der Waals surface area contributed by atoms with Gasteiger partial charge in [-0.15, -0.1) is 0 Å². The molecule has 3 aromatic carbocycles. The molecular weight excluding hydrogens is 492 g/mol. The second-order valence-corrected chi connectivity index (χ2v) is 8.67. The molecular formula is C26H20F4N4O3. The molecule has 7 nitrogen and oxygen atoms in total. The van der Waals surface area contributed by atoms with Gasteiger partial charge in [-0.1, -0.05) is 24.3 Å². The summed E-state index contributed by atoms with van der Waals surface area (Å²) in [6.45, 7) is 0.666. The maximum absolute atomic E-state index is 14.4. The molecule has 3 N–H and O–H groups in total. The lowest BCUT2D eigenvalue weighted by Gasteiger charge is -2.19. The van der Waals surface area contributed by atoms with Crippen LogP contribution in [0.25, 0.3) is 11.3 Å². The van der Waals surface area contributed by atoms with Gasteiger partial charge in [0, 0.05) is 43.9 Å². The van der Waals surface area contributed by atoms with Crippen LogP contribution in [0.1, 0.15) is 27.0 Å². The summed E-state index contributed by atoms with van der Waals surface area (Å²) in [6, 6.07) is 13.1. The molecule has 0 spiro atoms. The minimum absolute atomic E-state index is 0.0394. The molecule has 0 saturated carbocycles. The van der Waals surface area contributed by atoms with Crippen LogP contribution in [0, 0.1) is 5.82 Å². The first-order valence-corrected chi connectivity index (χ1v) is 11.1. The quantitative estimate of drug-likeness (QED) is 0.312. The molecule has 5 rings (SSSR count). The number of carbonyl (C=O) groups excluding carboxylic acids is 1. The molecule has 0 aliphatic carbocycles. The molecule has 190 valence electrons. The van der Waals surface area contributed by atoms with Gasteiger partial charge in [-0.05, 0) is 29.3 Å². The maximum atomic E-state index is 14.4. The Kier molecular flexibility index (Phi) is 5.77. The van der Waals surface area contributed by atoms with Crippen molar-refractivity contribution in [3.63, 3.8) is 0 Å². The largest absolute Gasteiger partial charge is 0.508 e. The highest BCUT2D eigenvalue weighted by Gasteiger charge is 2.32. The lowest BCUT2D eigenvalue weighted by Crippen LogP contribution is -2.26. The standard InChI is InChI=1S/C26H20F4N4O3/c1-33-23(11-20(32-33)18-8-16(26(28,29)30)6-7-19(18)27)31-21-9-17(35)10-22(36)24(21)25(37)34-12-14-4-2-3-5-15(14)13-34/h2-11,31,35-36H,12-13H2,1H3. The summed E-state index contributed by atoms with van der Waals surface area (Å²) in [5.74, 6) is -2.00. The smallest absolute Gasteiger partial charge is 0.416 e. The molecule has 2 heterocycles. The Balaban J connectivity index is 1.49. The van der Waals surface area contributed by atoms with Gasteiger partial charge in [-0.2, -0.15) is 18.3 Å². The highest BCUT2D eigenvalue weighted by Crippen LogP contribution is 2.37. The van der Waals surface area contributed by atoms with E-state index in [2.05, 4.69) is 10.4 Å². The van der Waals surface area contributed by atoms with E-state index in [9.17, 15) is 32.6 Å². The molecule has 0 unspecified atom stereocenters. The van der Waals surface area contributed by atoms with E-state index in [0.29, 0.717) is 25.2 Å². The van der Waals surface area contributed by atoms with E-state index >= 15 is 0 Å². The Morgan fingerprint density at radius 2 is 1.68 bits per heavy atom. The van der Waals surface area contributed by atoms with Crippen molar-refractivity contribution in [3.8, 4) is 22.8 Å². The van der Waals surface area contributed by atoms with E-state index in [1.54, 1.807) is 0 Å². The van der Waals surface area contributed by atoms with Crippen LogP contribution in [0.2, 0.25) is 0 Å². The predicted octanol–water partition coefficient (Wildman–Crippen LogP) is 5.56. The van der Waals surface area contributed by atoms with Crippen LogP contribution < -0.4 is 5.32 Å². The summed E-state index contributed by atoms with van der Waals surface area (Å²) < 4.78 is 55.1. The second kappa shape index (κ2) is 8.84. The van der Waals surface area contributed by atoms with Crippen molar-refractivity contribution >= 4 is 17.4 Å². The zero-order chi connectivity index (χ0) is 26.5. The number of amides is 1. The molecule has 0 radical (unpaired) electrons. The first kappa shape index (κ1) is 24.2. The Bertz CT molecular complexity index is 1510. The number of hydrogen-bond donors (Lipinski definition) is 3. The van der Waals surface area contributed by atoms with Crippen molar-refractivity contribution in [1.29, 1.82) is 0 Å². The Labute approximate surface area is 208 Å². The van der Waals surface area contributed by atoms with E-state index in [1.807, 2.05) is 24.3 Å². The fourth-order valence-corrected chi connectivity index (χ4v) is 4.32. The number of anilines is 2. The third kappa shape index (κ3) is 4.55. The van der Waals surface area contributed by atoms with Crippen LogP contribution in [-0.2, 0) is 26.3 Å².